The zero-order valence-electron chi connectivity index (χ0n) is 11.9. The number of hydrogen-bond donors (Lipinski definition) is 1. The molecule has 1 aromatic carbocycles. The Morgan fingerprint density at radius 2 is 2.33 bits per heavy atom. The SMILES string of the molecule is COC[C@H](C)NC(=O)CN1C(=O)COc2ccc(Cl)cc21. The van der Waals surface area contributed by atoms with Crippen LogP contribution in [0.15, 0.2) is 18.2 Å². The third-order valence-corrected chi connectivity index (χ3v) is 3.22. The van der Waals surface area contributed by atoms with Gasteiger partial charge in [0.25, 0.3) is 5.91 Å². The number of carbonyl (C=O) groups excluding carboxylic acids is 2. The largest absolute Gasteiger partial charge is 0.482 e. The number of halogens is 1. The van der Waals surface area contributed by atoms with Gasteiger partial charge in [-0.1, -0.05) is 11.6 Å². The van der Waals surface area contributed by atoms with E-state index in [0.29, 0.717) is 23.1 Å². The lowest BCUT2D eigenvalue weighted by molar-refractivity contribution is -0.125. The Labute approximate surface area is 128 Å². The number of carbonyl (C=O) groups is 2. The van der Waals surface area contributed by atoms with Crippen LogP contribution in [0.5, 0.6) is 5.75 Å². The summed E-state index contributed by atoms with van der Waals surface area (Å²) in [5, 5.41) is 3.24. The third-order valence-electron chi connectivity index (χ3n) is 2.99. The van der Waals surface area contributed by atoms with E-state index in [1.54, 1.807) is 25.3 Å². The maximum atomic E-state index is 12.0. The molecule has 0 aliphatic carbocycles. The van der Waals surface area contributed by atoms with Gasteiger partial charge in [-0.25, -0.2) is 0 Å². The first-order chi connectivity index (χ1) is 10.0. The summed E-state index contributed by atoms with van der Waals surface area (Å²) in [7, 11) is 1.56. The fourth-order valence-electron chi connectivity index (χ4n) is 2.10. The molecule has 0 saturated carbocycles. The maximum Gasteiger partial charge on any atom is 0.265 e. The predicted molar refractivity (Wildman–Crippen MR) is 78.8 cm³/mol. The van der Waals surface area contributed by atoms with Crippen molar-refractivity contribution in [1.82, 2.24) is 5.32 Å². The molecule has 0 fully saturated rings. The van der Waals surface area contributed by atoms with Gasteiger partial charge < -0.3 is 14.8 Å². The molecule has 1 aliphatic rings. The van der Waals surface area contributed by atoms with E-state index in [9.17, 15) is 9.59 Å². The van der Waals surface area contributed by atoms with Crippen LogP contribution in [0.4, 0.5) is 5.69 Å². The van der Waals surface area contributed by atoms with Gasteiger partial charge in [-0.05, 0) is 25.1 Å². The van der Waals surface area contributed by atoms with Crippen LogP contribution in [-0.4, -0.2) is 44.7 Å². The Morgan fingerprint density at radius 3 is 3.05 bits per heavy atom. The normalized spacial score (nSPS) is 15.2. The molecule has 7 heteroatoms. The third kappa shape index (κ3) is 3.86. The average molecular weight is 313 g/mol. The summed E-state index contributed by atoms with van der Waals surface area (Å²) in [6, 6.07) is 4.84. The summed E-state index contributed by atoms with van der Waals surface area (Å²) in [6.45, 7) is 2.07. The fourth-order valence-corrected chi connectivity index (χ4v) is 2.27. The molecule has 0 aromatic heterocycles. The van der Waals surface area contributed by atoms with Crippen LogP contribution in [0.25, 0.3) is 0 Å². The Balaban J connectivity index is 2.11. The number of amides is 2. The number of hydrogen-bond acceptors (Lipinski definition) is 4. The van der Waals surface area contributed by atoms with Crippen molar-refractivity contribution in [3.63, 3.8) is 0 Å². The highest BCUT2D eigenvalue weighted by Gasteiger charge is 2.27. The number of methoxy groups -OCH3 is 1. The Kier molecular flexibility index (Phi) is 5.03. The molecule has 1 atom stereocenters. The Bertz CT molecular complexity index is 550. The van der Waals surface area contributed by atoms with Crippen LogP contribution in [0.3, 0.4) is 0 Å². The Hall–Kier alpha value is -1.79. The molecule has 1 heterocycles. The number of nitrogens with one attached hydrogen (secondary N) is 1. The molecule has 21 heavy (non-hydrogen) atoms. The lowest BCUT2D eigenvalue weighted by Gasteiger charge is -2.29. The first-order valence-electron chi connectivity index (χ1n) is 6.52. The van der Waals surface area contributed by atoms with Gasteiger partial charge in [0.1, 0.15) is 12.3 Å². The van der Waals surface area contributed by atoms with E-state index in [1.165, 1.54) is 4.90 Å². The number of nitrogens with zero attached hydrogens (tertiary/aromatic N) is 1. The first-order valence-corrected chi connectivity index (χ1v) is 6.90. The minimum atomic E-state index is -0.278. The highest BCUT2D eigenvalue weighted by Crippen LogP contribution is 2.34. The molecule has 0 saturated heterocycles. The van der Waals surface area contributed by atoms with Gasteiger partial charge >= 0.3 is 0 Å². The summed E-state index contributed by atoms with van der Waals surface area (Å²) in [5.74, 6) is -0.00298. The molecule has 0 spiro atoms. The highest BCUT2D eigenvalue weighted by atomic mass is 35.5. The number of rotatable bonds is 5. The van der Waals surface area contributed by atoms with Gasteiger partial charge in [-0.3, -0.25) is 14.5 Å². The van der Waals surface area contributed by atoms with Crippen molar-refractivity contribution >= 4 is 29.1 Å². The van der Waals surface area contributed by atoms with Crippen molar-refractivity contribution in [2.24, 2.45) is 0 Å². The molecule has 2 amide bonds. The van der Waals surface area contributed by atoms with Crippen molar-refractivity contribution in [3.8, 4) is 5.75 Å². The molecule has 0 radical (unpaired) electrons. The fraction of sp³-hybridized carbons (Fsp3) is 0.429. The first kappa shape index (κ1) is 15.6. The number of ether oxygens (including phenoxy) is 2. The summed E-state index contributed by atoms with van der Waals surface area (Å²) < 4.78 is 10.3. The quantitative estimate of drug-likeness (QED) is 0.887. The van der Waals surface area contributed by atoms with Crippen LogP contribution in [0.2, 0.25) is 5.02 Å². The minimum absolute atomic E-state index is 0.0798. The van der Waals surface area contributed by atoms with Gasteiger partial charge in [0.2, 0.25) is 5.91 Å². The molecule has 114 valence electrons. The van der Waals surface area contributed by atoms with Gasteiger partial charge in [0.05, 0.1) is 12.3 Å². The molecular formula is C14H17ClN2O4. The number of anilines is 1. The van der Waals surface area contributed by atoms with E-state index >= 15 is 0 Å². The summed E-state index contributed by atoms with van der Waals surface area (Å²) >= 11 is 5.94. The molecule has 1 N–H and O–H groups in total. The van der Waals surface area contributed by atoms with Crippen molar-refractivity contribution in [2.75, 3.05) is 31.8 Å². The maximum absolute atomic E-state index is 12.0. The van der Waals surface area contributed by atoms with E-state index in [0.717, 1.165) is 0 Å². The Morgan fingerprint density at radius 1 is 1.57 bits per heavy atom. The predicted octanol–water partition coefficient (Wildman–Crippen LogP) is 1.22. The van der Waals surface area contributed by atoms with E-state index < -0.39 is 0 Å². The number of benzene rings is 1. The molecular weight excluding hydrogens is 296 g/mol. The summed E-state index contributed by atoms with van der Waals surface area (Å²) in [4.78, 5) is 25.3. The van der Waals surface area contributed by atoms with E-state index in [4.69, 9.17) is 21.1 Å². The zero-order chi connectivity index (χ0) is 15.4. The summed E-state index contributed by atoms with van der Waals surface area (Å²) in [6.07, 6.45) is 0. The van der Waals surface area contributed by atoms with Crippen molar-refractivity contribution < 1.29 is 19.1 Å². The lowest BCUT2D eigenvalue weighted by atomic mass is 10.2. The summed E-state index contributed by atoms with van der Waals surface area (Å²) in [5.41, 5.74) is 0.508. The topological polar surface area (TPSA) is 67.9 Å². The van der Waals surface area contributed by atoms with Crippen LogP contribution in [-0.2, 0) is 14.3 Å². The molecule has 2 rings (SSSR count). The van der Waals surface area contributed by atoms with Crippen LogP contribution < -0.4 is 15.0 Å². The second-order valence-corrected chi connectivity index (χ2v) is 5.24. The van der Waals surface area contributed by atoms with Gasteiger partial charge in [0.15, 0.2) is 6.61 Å². The van der Waals surface area contributed by atoms with E-state index in [1.807, 2.05) is 6.92 Å². The minimum Gasteiger partial charge on any atom is -0.482 e. The molecule has 1 aromatic rings. The van der Waals surface area contributed by atoms with Crippen LogP contribution in [0, 0.1) is 0 Å². The average Bonchev–Trinajstić information content (AvgIpc) is 2.42. The molecule has 6 nitrogen and oxygen atoms in total. The standard InChI is InChI=1S/C14H17ClN2O4/c1-9(7-20-2)16-13(18)6-17-11-5-10(15)3-4-12(11)21-8-14(17)19/h3-5,9H,6-8H2,1-2H3,(H,16,18)/t9-/m0/s1. The molecule has 0 bridgehead atoms. The van der Waals surface area contributed by atoms with Crippen LogP contribution >= 0.6 is 11.6 Å². The van der Waals surface area contributed by atoms with Crippen molar-refractivity contribution in [3.05, 3.63) is 23.2 Å². The molecule has 0 unspecified atom stereocenters. The molecule has 1 aliphatic heterocycles. The van der Waals surface area contributed by atoms with Gasteiger partial charge in [-0.2, -0.15) is 0 Å². The van der Waals surface area contributed by atoms with E-state index in [2.05, 4.69) is 5.32 Å². The van der Waals surface area contributed by atoms with Crippen molar-refractivity contribution in [1.29, 1.82) is 0 Å². The van der Waals surface area contributed by atoms with E-state index in [-0.39, 0.29) is 31.0 Å². The highest BCUT2D eigenvalue weighted by molar-refractivity contribution is 6.31. The number of fused-ring (bicyclic) bond motifs is 1. The van der Waals surface area contributed by atoms with Crippen molar-refractivity contribution in [2.45, 2.75) is 13.0 Å². The second-order valence-electron chi connectivity index (χ2n) is 4.80. The van der Waals surface area contributed by atoms with Crippen LogP contribution in [0.1, 0.15) is 6.92 Å². The van der Waals surface area contributed by atoms with Gasteiger partial charge in [0, 0.05) is 18.2 Å². The zero-order valence-corrected chi connectivity index (χ0v) is 12.6. The second kappa shape index (κ2) is 6.78. The monoisotopic (exact) mass is 312 g/mol. The smallest absolute Gasteiger partial charge is 0.265 e. The lowest BCUT2D eigenvalue weighted by Crippen LogP contribution is -2.47. The van der Waals surface area contributed by atoms with Gasteiger partial charge in [-0.15, -0.1) is 0 Å².